The third-order valence-electron chi connectivity index (χ3n) is 3.85. The van der Waals surface area contributed by atoms with Crippen molar-refractivity contribution in [3.05, 3.63) is 24.3 Å². The maximum absolute atomic E-state index is 12.8. The van der Waals surface area contributed by atoms with Crippen molar-refractivity contribution in [2.24, 2.45) is 10.9 Å². The molecule has 0 spiro atoms. The number of nitrogens with two attached hydrogens (primary N) is 2. The molecule has 1 aromatic rings. The van der Waals surface area contributed by atoms with Crippen LogP contribution in [-0.2, 0) is 20.0 Å². The first-order valence-electron chi connectivity index (χ1n) is 7.04. The highest BCUT2D eigenvalue weighted by atomic mass is 32.2. The van der Waals surface area contributed by atoms with E-state index in [-0.39, 0.29) is 21.9 Å². The van der Waals surface area contributed by atoms with Crippen molar-refractivity contribution in [3.63, 3.8) is 0 Å². The molecule has 0 bridgehead atoms. The molecule has 0 amide bonds. The summed E-state index contributed by atoms with van der Waals surface area (Å²) in [6.07, 6.45) is 2.39. The molecule has 7 nitrogen and oxygen atoms in total. The standard InChI is InChI=1S/C13H21N3O4S2/c1-10(14)13-7-2-3-8-16(13)22(19,20)12-6-4-5-11(9-12)21(15,17)18/h4-6,9-10,13H,2-3,7-8,14H2,1H3,(H2,15,17,18)/t10-,13+/m0/s1. The van der Waals surface area contributed by atoms with Crippen LogP contribution in [0.4, 0.5) is 0 Å². The molecule has 1 aromatic carbocycles. The second-order valence-corrected chi connectivity index (χ2v) is 9.01. The van der Waals surface area contributed by atoms with Crippen molar-refractivity contribution in [1.82, 2.24) is 4.31 Å². The fraction of sp³-hybridized carbons (Fsp3) is 0.538. The molecule has 9 heteroatoms. The molecule has 2 atom stereocenters. The highest BCUT2D eigenvalue weighted by Crippen LogP contribution is 2.27. The van der Waals surface area contributed by atoms with Gasteiger partial charge in [0.25, 0.3) is 0 Å². The monoisotopic (exact) mass is 347 g/mol. The van der Waals surface area contributed by atoms with Gasteiger partial charge in [-0.15, -0.1) is 0 Å². The summed E-state index contributed by atoms with van der Waals surface area (Å²) in [5, 5.41) is 5.07. The van der Waals surface area contributed by atoms with Crippen LogP contribution in [0.15, 0.2) is 34.1 Å². The topological polar surface area (TPSA) is 124 Å². The second-order valence-electron chi connectivity index (χ2n) is 5.56. The van der Waals surface area contributed by atoms with Gasteiger partial charge in [-0.3, -0.25) is 0 Å². The van der Waals surface area contributed by atoms with E-state index in [1.54, 1.807) is 6.92 Å². The van der Waals surface area contributed by atoms with Gasteiger partial charge >= 0.3 is 0 Å². The number of hydrogen-bond donors (Lipinski definition) is 2. The molecule has 4 N–H and O–H groups in total. The van der Waals surface area contributed by atoms with Gasteiger partial charge in [-0.1, -0.05) is 12.5 Å². The van der Waals surface area contributed by atoms with Crippen molar-refractivity contribution in [1.29, 1.82) is 0 Å². The zero-order valence-electron chi connectivity index (χ0n) is 12.3. The molecular formula is C13H21N3O4S2. The molecule has 1 fully saturated rings. The van der Waals surface area contributed by atoms with Crippen molar-refractivity contribution >= 4 is 20.0 Å². The van der Waals surface area contributed by atoms with E-state index >= 15 is 0 Å². The third kappa shape index (κ3) is 3.49. The maximum atomic E-state index is 12.8. The molecule has 1 saturated heterocycles. The molecule has 0 aromatic heterocycles. The van der Waals surface area contributed by atoms with E-state index in [1.165, 1.54) is 22.5 Å². The SMILES string of the molecule is C[C@H](N)[C@H]1CCCCN1S(=O)(=O)c1cccc(S(N)(=O)=O)c1. The summed E-state index contributed by atoms with van der Waals surface area (Å²) in [6, 6.07) is 4.53. The van der Waals surface area contributed by atoms with Gasteiger partial charge in [-0.25, -0.2) is 22.0 Å². The van der Waals surface area contributed by atoms with Gasteiger partial charge in [0.15, 0.2) is 0 Å². The molecule has 1 aliphatic rings. The van der Waals surface area contributed by atoms with E-state index in [1.807, 2.05) is 0 Å². The van der Waals surface area contributed by atoms with E-state index in [0.29, 0.717) is 13.0 Å². The molecule has 1 heterocycles. The van der Waals surface area contributed by atoms with Crippen LogP contribution in [0.1, 0.15) is 26.2 Å². The van der Waals surface area contributed by atoms with E-state index in [4.69, 9.17) is 10.9 Å². The van der Waals surface area contributed by atoms with E-state index in [2.05, 4.69) is 0 Å². The summed E-state index contributed by atoms with van der Waals surface area (Å²) in [4.78, 5) is -0.297. The fourth-order valence-electron chi connectivity index (χ4n) is 2.70. The smallest absolute Gasteiger partial charge is 0.243 e. The predicted molar refractivity (Wildman–Crippen MR) is 83.0 cm³/mol. The number of primary sulfonamides is 1. The summed E-state index contributed by atoms with van der Waals surface area (Å²) in [6.45, 7) is 2.16. The Labute approximate surface area is 131 Å². The first kappa shape index (κ1) is 17.4. The van der Waals surface area contributed by atoms with Crippen LogP contribution in [0.3, 0.4) is 0 Å². The summed E-state index contributed by atoms with van der Waals surface area (Å²) < 4.78 is 49.8. The minimum absolute atomic E-state index is 0.0772. The quantitative estimate of drug-likeness (QED) is 0.806. The van der Waals surface area contributed by atoms with Crippen molar-refractivity contribution < 1.29 is 16.8 Å². The number of hydrogen-bond acceptors (Lipinski definition) is 5. The Morgan fingerprint density at radius 2 is 1.82 bits per heavy atom. The molecule has 2 rings (SSSR count). The molecule has 1 aliphatic heterocycles. The number of sulfonamides is 2. The van der Waals surface area contributed by atoms with Crippen LogP contribution in [0.5, 0.6) is 0 Å². The van der Waals surface area contributed by atoms with Gasteiger partial charge in [0.1, 0.15) is 0 Å². The second kappa shape index (κ2) is 6.25. The molecule has 22 heavy (non-hydrogen) atoms. The lowest BCUT2D eigenvalue weighted by Crippen LogP contribution is -2.51. The fourth-order valence-corrected chi connectivity index (χ4v) is 5.16. The highest BCUT2D eigenvalue weighted by Gasteiger charge is 2.35. The number of nitrogens with zero attached hydrogens (tertiary/aromatic N) is 1. The van der Waals surface area contributed by atoms with E-state index in [0.717, 1.165) is 18.9 Å². The lowest BCUT2D eigenvalue weighted by atomic mass is 10.00. The summed E-state index contributed by atoms with van der Waals surface area (Å²) in [5.74, 6) is 0. The maximum Gasteiger partial charge on any atom is 0.243 e. The highest BCUT2D eigenvalue weighted by molar-refractivity contribution is 7.90. The molecule has 0 unspecified atom stereocenters. The zero-order chi connectivity index (χ0) is 16.5. The van der Waals surface area contributed by atoms with Crippen LogP contribution in [0.25, 0.3) is 0 Å². The Hall–Kier alpha value is -1.00. The zero-order valence-corrected chi connectivity index (χ0v) is 14.0. The Balaban J connectivity index is 2.46. The normalized spacial score (nSPS) is 22.4. The van der Waals surface area contributed by atoms with Crippen LogP contribution in [0.2, 0.25) is 0 Å². The minimum atomic E-state index is -3.95. The Bertz CT molecular complexity index is 744. The van der Waals surface area contributed by atoms with Gasteiger partial charge < -0.3 is 5.73 Å². The van der Waals surface area contributed by atoms with E-state index in [9.17, 15) is 16.8 Å². The Kier molecular flexibility index (Phi) is 4.93. The van der Waals surface area contributed by atoms with Crippen molar-refractivity contribution in [2.75, 3.05) is 6.54 Å². The van der Waals surface area contributed by atoms with Gasteiger partial charge in [0.2, 0.25) is 20.0 Å². The molecular weight excluding hydrogens is 326 g/mol. The van der Waals surface area contributed by atoms with Crippen LogP contribution < -0.4 is 10.9 Å². The number of piperidine rings is 1. The van der Waals surface area contributed by atoms with Gasteiger partial charge in [0.05, 0.1) is 9.79 Å². The largest absolute Gasteiger partial charge is 0.326 e. The van der Waals surface area contributed by atoms with Crippen molar-refractivity contribution in [2.45, 2.75) is 48.1 Å². The third-order valence-corrected chi connectivity index (χ3v) is 6.68. The Morgan fingerprint density at radius 3 is 2.41 bits per heavy atom. The van der Waals surface area contributed by atoms with Gasteiger partial charge in [-0.05, 0) is 38.0 Å². The summed E-state index contributed by atoms with van der Waals surface area (Å²) in [5.41, 5.74) is 5.91. The molecule has 124 valence electrons. The van der Waals surface area contributed by atoms with Crippen LogP contribution in [-0.4, -0.2) is 39.8 Å². The summed E-state index contributed by atoms with van der Waals surface area (Å²) >= 11 is 0. The first-order valence-corrected chi connectivity index (χ1v) is 10.0. The lowest BCUT2D eigenvalue weighted by Gasteiger charge is -2.36. The Morgan fingerprint density at radius 1 is 1.18 bits per heavy atom. The average molecular weight is 347 g/mol. The van der Waals surface area contributed by atoms with Crippen molar-refractivity contribution in [3.8, 4) is 0 Å². The van der Waals surface area contributed by atoms with Gasteiger partial charge in [0, 0.05) is 18.6 Å². The molecule has 0 radical (unpaired) electrons. The lowest BCUT2D eigenvalue weighted by molar-refractivity contribution is 0.227. The summed E-state index contributed by atoms with van der Waals surface area (Å²) in [7, 11) is -7.76. The number of rotatable bonds is 4. The molecule has 0 aliphatic carbocycles. The van der Waals surface area contributed by atoms with Crippen LogP contribution in [0, 0.1) is 0 Å². The first-order chi connectivity index (χ1) is 10.1. The average Bonchev–Trinajstić information content (AvgIpc) is 2.46. The number of benzene rings is 1. The molecule has 0 saturated carbocycles. The van der Waals surface area contributed by atoms with E-state index < -0.39 is 20.0 Å². The predicted octanol–water partition coefficient (Wildman–Crippen LogP) is 0.224. The van der Waals surface area contributed by atoms with Gasteiger partial charge in [-0.2, -0.15) is 4.31 Å². The minimum Gasteiger partial charge on any atom is -0.326 e. The van der Waals surface area contributed by atoms with Crippen LogP contribution >= 0.6 is 0 Å².